The smallest absolute Gasteiger partial charge is 0.411 e. The van der Waals surface area contributed by atoms with E-state index in [9.17, 15) is 18.0 Å². The molecule has 0 saturated heterocycles. The number of nitrogen functional groups attached to an aromatic ring is 1. The van der Waals surface area contributed by atoms with Crippen LogP contribution in [0, 0.1) is 0 Å². The Kier molecular flexibility index (Phi) is 3.07. The molecular weight excluding hydrogens is 261 g/mol. The Balaban J connectivity index is 2.22. The Morgan fingerprint density at radius 3 is 2.53 bits per heavy atom. The van der Waals surface area contributed by atoms with Crippen molar-refractivity contribution in [2.45, 2.75) is 24.6 Å². The average Bonchev–Trinajstić information content (AvgIpc) is 3.09. The van der Waals surface area contributed by atoms with Crippen LogP contribution < -0.4 is 15.8 Å². The summed E-state index contributed by atoms with van der Waals surface area (Å²) in [6.45, 7) is 0. The van der Waals surface area contributed by atoms with Gasteiger partial charge in [0, 0.05) is 0 Å². The maximum atomic E-state index is 12.7. The standard InChI is InChI=1S/C12H13F3N2O2/c1-19-8-4-2-3-7(9(8)16)10(18)17-11(5-6-11)12(13,14)15/h2-4H,5-6,16H2,1H3,(H,17,18). The van der Waals surface area contributed by atoms with Crippen LogP contribution in [0.2, 0.25) is 0 Å². The summed E-state index contributed by atoms with van der Waals surface area (Å²) in [6, 6.07) is 4.39. The molecule has 0 unspecified atom stereocenters. The van der Waals surface area contributed by atoms with E-state index in [-0.39, 0.29) is 29.8 Å². The number of hydrogen-bond donors (Lipinski definition) is 2. The number of alkyl halides is 3. The molecular formula is C12H13F3N2O2. The molecule has 1 saturated carbocycles. The number of benzene rings is 1. The third-order valence-electron chi connectivity index (χ3n) is 3.18. The second-order valence-electron chi connectivity index (χ2n) is 4.46. The summed E-state index contributed by atoms with van der Waals surface area (Å²) >= 11 is 0. The number of halogens is 3. The molecule has 1 aliphatic rings. The van der Waals surface area contributed by atoms with Gasteiger partial charge >= 0.3 is 6.18 Å². The van der Waals surface area contributed by atoms with Gasteiger partial charge in [-0.2, -0.15) is 13.2 Å². The first-order chi connectivity index (χ1) is 8.81. The van der Waals surface area contributed by atoms with Gasteiger partial charge in [0.05, 0.1) is 18.4 Å². The van der Waals surface area contributed by atoms with Gasteiger partial charge in [0.25, 0.3) is 5.91 Å². The molecule has 1 aromatic carbocycles. The summed E-state index contributed by atoms with van der Waals surface area (Å²) in [7, 11) is 1.37. The normalized spacial score (nSPS) is 16.8. The number of methoxy groups -OCH3 is 1. The van der Waals surface area contributed by atoms with Gasteiger partial charge in [-0.15, -0.1) is 0 Å². The molecule has 3 N–H and O–H groups in total. The summed E-state index contributed by atoms with van der Waals surface area (Å²) in [6.07, 6.45) is -4.66. The van der Waals surface area contributed by atoms with Gasteiger partial charge in [0.15, 0.2) is 0 Å². The lowest BCUT2D eigenvalue weighted by Gasteiger charge is -2.21. The molecule has 0 spiro atoms. The number of nitrogens with two attached hydrogens (primary N) is 1. The molecule has 0 bridgehead atoms. The number of rotatable bonds is 3. The number of amides is 1. The summed E-state index contributed by atoms with van der Waals surface area (Å²) in [5.74, 6) is -0.587. The van der Waals surface area contributed by atoms with E-state index >= 15 is 0 Å². The third-order valence-corrected chi connectivity index (χ3v) is 3.18. The van der Waals surface area contributed by atoms with Crippen LogP contribution in [0.5, 0.6) is 5.75 Å². The van der Waals surface area contributed by atoms with Crippen molar-refractivity contribution < 1.29 is 22.7 Å². The van der Waals surface area contributed by atoms with Crippen molar-refractivity contribution in [3.8, 4) is 5.75 Å². The second kappa shape index (κ2) is 4.32. The van der Waals surface area contributed by atoms with Gasteiger partial charge in [-0.05, 0) is 25.0 Å². The molecule has 1 aliphatic carbocycles. The number of hydrogen-bond acceptors (Lipinski definition) is 3. The molecule has 0 radical (unpaired) electrons. The molecule has 0 heterocycles. The minimum absolute atomic E-state index is 0.0186. The number of para-hydroxylation sites is 1. The predicted molar refractivity (Wildman–Crippen MR) is 62.9 cm³/mol. The quantitative estimate of drug-likeness (QED) is 0.830. The number of ether oxygens (including phenoxy) is 1. The lowest BCUT2D eigenvalue weighted by molar-refractivity contribution is -0.163. The lowest BCUT2D eigenvalue weighted by Crippen LogP contribution is -2.48. The van der Waals surface area contributed by atoms with Crippen molar-refractivity contribution >= 4 is 11.6 Å². The molecule has 1 aromatic rings. The van der Waals surface area contributed by atoms with E-state index in [1.807, 2.05) is 5.32 Å². The van der Waals surface area contributed by atoms with Gasteiger partial charge in [-0.1, -0.05) is 6.07 Å². The molecule has 19 heavy (non-hydrogen) atoms. The second-order valence-corrected chi connectivity index (χ2v) is 4.46. The zero-order valence-corrected chi connectivity index (χ0v) is 10.2. The van der Waals surface area contributed by atoms with Crippen LogP contribution in [-0.4, -0.2) is 24.7 Å². The lowest BCUT2D eigenvalue weighted by atomic mass is 10.1. The monoisotopic (exact) mass is 274 g/mol. The first-order valence-electron chi connectivity index (χ1n) is 5.62. The fourth-order valence-electron chi connectivity index (χ4n) is 1.81. The number of nitrogens with one attached hydrogen (secondary N) is 1. The Labute approximate surface area is 107 Å². The van der Waals surface area contributed by atoms with Crippen molar-refractivity contribution in [1.29, 1.82) is 0 Å². The van der Waals surface area contributed by atoms with Crippen molar-refractivity contribution in [3.05, 3.63) is 23.8 Å². The highest BCUT2D eigenvalue weighted by Gasteiger charge is 2.64. The maximum absolute atomic E-state index is 12.7. The highest BCUT2D eigenvalue weighted by atomic mass is 19.4. The summed E-state index contributed by atoms with van der Waals surface area (Å²) in [5.41, 5.74) is 3.59. The van der Waals surface area contributed by atoms with E-state index in [2.05, 4.69) is 0 Å². The first-order valence-corrected chi connectivity index (χ1v) is 5.62. The Hall–Kier alpha value is -1.92. The fourth-order valence-corrected chi connectivity index (χ4v) is 1.81. The molecule has 1 fully saturated rings. The fraction of sp³-hybridized carbons (Fsp3) is 0.417. The first kappa shape index (κ1) is 13.5. The van der Waals surface area contributed by atoms with Crippen LogP contribution in [-0.2, 0) is 0 Å². The molecule has 0 aromatic heterocycles. The summed E-state index contributed by atoms with van der Waals surface area (Å²) in [5, 5.41) is 2.02. The van der Waals surface area contributed by atoms with Crippen molar-refractivity contribution in [2.24, 2.45) is 0 Å². The van der Waals surface area contributed by atoms with Crippen LogP contribution in [0.4, 0.5) is 18.9 Å². The van der Waals surface area contributed by atoms with Crippen LogP contribution >= 0.6 is 0 Å². The van der Waals surface area contributed by atoms with Gasteiger partial charge < -0.3 is 15.8 Å². The van der Waals surface area contributed by atoms with E-state index in [1.165, 1.54) is 25.3 Å². The largest absolute Gasteiger partial charge is 0.495 e. The molecule has 104 valence electrons. The van der Waals surface area contributed by atoms with Crippen LogP contribution in [0.3, 0.4) is 0 Å². The molecule has 1 amide bonds. The topological polar surface area (TPSA) is 64.3 Å². The Morgan fingerprint density at radius 2 is 2.05 bits per heavy atom. The highest BCUT2D eigenvalue weighted by Crippen LogP contribution is 2.49. The van der Waals surface area contributed by atoms with Crippen LogP contribution in [0.25, 0.3) is 0 Å². The number of carbonyl (C=O) groups excluding carboxylic acids is 1. The predicted octanol–water partition coefficient (Wildman–Crippen LogP) is 2.10. The maximum Gasteiger partial charge on any atom is 0.411 e. The molecule has 0 atom stereocenters. The zero-order valence-electron chi connectivity index (χ0n) is 10.2. The van der Waals surface area contributed by atoms with E-state index in [0.717, 1.165) is 0 Å². The minimum atomic E-state index is -4.45. The Morgan fingerprint density at radius 1 is 1.42 bits per heavy atom. The summed E-state index contributed by atoms with van der Waals surface area (Å²) < 4.78 is 43.2. The zero-order chi connectivity index (χ0) is 14.3. The highest BCUT2D eigenvalue weighted by molar-refractivity contribution is 6.01. The SMILES string of the molecule is COc1cccc(C(=O)NC2(C(F)(F)F)CC2)c1N. The Bertz CT molecular complexity index is 510. The molecule has 7 heteroatoms. The van der Waals surface area contributed by atoms with Crippen LogP contribution in [0.1, 0.15) is 23.2 Å². The molecule has 4 nitrogen and oxygen atoms in total. The average molecular weight is 274 g/mol. The van der Waals surface area contributed by atoms with Crippen molar-refractivity contribution in [1.82, 2.24) is 5.32 Å². The van der Waals surface area contributed by atoms with Gasteiger partial charge in [-0.3, -0.25) is 4.79 Å². The van der Waals surface area contributed by atoms with E-state index in [4.69, 9.17) is 10.5 Å². The molecule has 0 aliphatic heterocycles. The van der Waals surface area contributed by atoms with E-state index in [0.29, 0.717) is 0 Å². The summed E-state index contributed by atoms with van der Waals surface area (Å²) in [4.78, 5) is 11.9. The number of anilines is 1. The minimum Gasteiger partial charge on any atom is -0.495 e. The van der Waals surface area contributed by atoms with Gasteiger partial charge in [-0.25, -0.2) is 0 Å². The van der Waals surface area contributed by atoms with Gasteiger partial charge in [0.1, 0.15) is 11.3 Å². The number of carbonyl (C=O) groups is 1. The van der Waals surface area contributed by atoms with Crippen molar-refractivity contribution in [3.63, 3.8) is 0 Å². The van der Waals surface area contributed by atoms with Crippen molar-refractivity contribution in [2.75, 3.05) is 12.8 Å². The van der Waals surface area contributed by atoms with E-state index in [1.54, 1.807) is 0 Å². The third kappa shape index (κ3) is 2.32. The molecule has 2 rings (SSSR count). The van der Waals surface area contributed by atoms with E-state index < -0.39 is 17.6 Å². The van der Waals surface area contributed by atoms with Crippen LogP contribution in [0.15, 0.2) is 18.2 Å². The van der Waals surface area contributed by atoms with Gasteiger partial charge in [0.2, 0.25) is 0 Å².